The van der Waals surface area contributed by atoms with Crippen molar-refractivity contribution in [1.29, 1.82) is 0 Å². The van der Waals surface area contributed by atoms with Crippen molar-refractivity contribution in [3.8, 4) is 0 Å². The fourth-order valence-corrected chi connectivity index (χ4v) is 2.19. The average Bonchev–Trinajstić information content (AvgIpc) is 2.29. The Hall–Kier alpha value is -1.00. The van der Waals surface area contributed by atoms with Crippen LogP contribution in [0.5, 0.6) is 0 Å². The first-order valence-electron chi connectivity index (χ1n) is 5.69. The Morgan fingerprint density at radius 2 is 1.94 bits per heavy atom. The molecule has 3 nitrogen and oxygen atoms in total. The molecule has 0 aliphatic heterocycles. The number of nitrogens with zero attached hydrogens (tertiary/aromatic N) is 1. The van der Waals surface area contributed by atoms with Crippen LogP contribution in [-0.4, -0.2) is 30.7 Å². The molecule has 0 aliphatic carbocycles. The van der Waals surface area contributed by atoms with Gasteiger partial charge in [0.1, 0.15) is 0 Å². The molecule has 0 saturated carbocycles. The highest BCUT2D eigenvalue weighted by atomic mass is 32.2. The highest BCUT2D eigenvalue weighted by Crippen LogP contribution is 2.21. The Balaban J connectivity index is 2.40. The standard InChI is InChI=1S/C13H20N2OS/c1-10(14)11-4-6-12(7-5-11)17-9-8-13(16)15(2)3/h4-7,10H,8-9,14H2,1-3H3. The zero-order valence-electron chi connectivity index (χ0n) is 10.6. The molecule has 0 heterocycles. The van der Waals surface area contributed by atoms with E-state index in [1.807, 2.05) is 19.1 Å². The van der Waals surface area contributed by atoms with Crippen molar-refractivity contribution in [3.05, 3.63) is 29.8 Å². The van der Waals surface area contributed by atoms with E-state index >= 15 is 0 Å². The van der Waals surface area contributed by atoms with Crippen LogP contribution >= 0.6 is 11.8 Å². The lowest BCUT2D eigenvalue weighted by molar-refractivity contribution is -0.128. The van der Waals surface area contributed by atoms with Gasteiger partial charge in [-0.05, 0) is 24.6 Å². The van der Waals surface area contributed by atoms with Crippen LogP contribution in [0.4, 0.5) is 0 Å². The molecule has 94 valence electrons. The lowest BCUT2D eigenvalue weighted by atomic mass is 10.1. The molecular formula is C13H20N2OS. The Kier molecular flexibility index (Phi) is 5.51. The van der Waals surface area contributed by atoms with Gasteiger partial charge in [0, 0.05) is 37.2 Å². The third-order valence-electron chi connectivity index (χ3n) is 2.49. The summed E-state index contributed by atoms with van der Waals surface area (Å²) in [4.78, 5) is 14.2. The van der Waals surface area contributed by atoms with Gasteiger partial charge in [0.2, 0.25) is 5.91 Å². The third-order valence-corrected chi connectivity index (χ3v) is 3.50. The highest BCUT2D eigenvalue weighted by Gasteiger charge is 2.04. The Morgan fingerprint density at radius 1 is 1.35 bits per heavy atom. The second-order valence-corrected chi connectivity index (χ2v) is 5.41. The van der Waals surface area contributed by atoms with Gasteiger partial charge in [0.15, 0.2) is 0 Å². The SMILES string of the molecule is CC(N)c1ccc(SCCC(=O)N(C)C)cc1. The number of amides is 1. The summed E-state index contributed by atoms with van der Waals surface area (Å²) in [5.74, 6) is 0.985. The first kappa shape index (κ1) is 14.1. The van der Waals surface area contributed by atoms with E-state index in [2.05, 4.69) is 12.1 Å². The maximum absolute atomic E-state index is 11.4. The van der Waals surface area contributed by atoms with E-state index < -0.39 is 0 Å². The number of thioether (sulfide) groups is 1. The van der Waals surface area contributed by atoms with E-state index in [-0.39, 0.29) is 11.9 Å². The van der Waals surface area contributed by atoms with Crippen LogP contribution in [0.25, 0.3) is 0 Å². The van der Waals surface area contributed by atoms with Gasteiger partial charge in [0.05, 0.1) is 0 Å². The van der Waals surface area contributed by atoms with Gasteiger partial charge in [0.25, 0.3) is 0 Å². The zero-order valence-corrected chi connectivity index (χ0v) is 11.5. The summed E-state index contributed by atoms with van der Waals surface area (Å²) >= 11 is 1.70. The molecule has 0 saturated heterocycles. The molecule has 0 fully saturated rings. The van der Waals surface area contributed by atoms with E-state index in [1.165, 1.54) is 4.90 Å². The fraction of sp³-hybridized carbons (Fsp3) is 0.462. The van der Waals surface area contributed by atoms with Crippen LogP contribution in [0.15, 0.2) is 29.2 Å². The molecule has 1 rings (SSSR count). The summed E-state index contributed by atoms with van der Waals surface area (Å²) in [5.41, 5.74) is 6.92. The van der Waals surface area contributed by atoms with Crippen LogP contribution in [-0.2, 0) is 4.79 Å². The van der Waals surface area contributed by atoms with E-state index in [0.29, 0.717) is 6.42 Å². The molecule has 0 radical (unpaired) electrons. The minimum Gasteiger partial charge on any atom is -0.349 e. The molecule has 1 aromatic rings. The quantitative estimate of drug-likeness (QED) is 0.818. The molecule has 2 N–H and O–H groups in total. The topological polar surface area (TPSA) is 46.3 Å². The van der Waals surface area contributed by atoms with Crippen LogP contribution < -0.4 is 5.73 Å². The molecule has 0 aromatic heterocycles. The summed E-state index contributed by atoms with van der Waals surface area (Å²) in [6.45, 7) is 1.97. The van der Waals surface area contributed by atoms with E-state index in [1.54, 1.807) is 30.8 Å². The van der Waals surface area contributed by atoms with Gasteiger partial charge in [-0.1, -0.05) is 12.1 Å². The number of hydrogen-bond acceptors (Lipinski definition) is 3. The molecule has 0 spiro atoms. The molecule has 1 amide bonds. The van der Waals surface area contributed by atoms with Gasteiger partial charge in [-0.15, -0.1) is 11.8 Å². The summed E-state index contributed by atoms with van der Waals surface area (Å²) in [5, 5.41) is 0. The van der Waals surface area contributed by atoms with Crippen LogP contribution in [0, 0.1) is 0 Å². The smallest absolute Gasteiger partial charge is 0.222 e. The first-order chi connectivity index (χ1) is 8.00. The second kappa shape index (κ2) is 6.67. The first-order valence-corrected chi connectivity index (χ1v) is 6.67. The van der Waals surface area contributed by atoms with E-state index in [9.17, 15) is 4.79 Å². The molecule has 1 atom stereocenters. The highest BCUT2D eigenvalue weighted by molar-refractivity contribution is 7.99. The molecule has 4 heteroatoms. The van der Waals surface area contributed by atoms with Crippen LogP contribution in [0.1, 0.15) is 24.9 Å². The normalized spacial score (nSPS) is 12.2. The van der Waals surface area contributed by atoms with Gasteiger partial charge in [-0.25, -0.2) is 0 Å². The van der Waals surface area contributed by atoms with E-state index in [4.69, 9.17) is 5.73 Å². The average molecular weight is 252 g/mol. The van der Waals surface area contributed by atoms with E-state index in [0.717, 1.165) is 11.3 Å². The molecule has 17 heavy (non-hydrogen) atoms. The number of rotatable bonds is 5. The van der Waals surface area contributed by atoms with Gasteiger partial charge in [-0.3, -0.25) is 4.79 Å². The molecule has 0 bridgehead atoms. The Morgan fingerprint density at radius 3 is 2.41 bits per heavy atom. The third kappa shape index (κ3) is 4.79. The number of carbonyl (C=O) groups is 1. The fourth-order valence-electron chi connectivity index (χ4n) is 1.35. The van der Waals surface area contributed by atoms with Crippen molar-refractivity contribution in [2.24, 2.45) is 5.73 Å². The lowest BCUT2D eigenvalue weighted by Crippen LogP contribution is -2.21. The minimum absolute atomic E-state index is 0.0735. The molecule has 1 aromatic carbocycles. The monoisotopic (exact) mass is 252 g/mol. The predicted molar refractivity (Wildman–Crippen MR) is 73.1 cm³/mol. The van der Waals surface area contributed by atoms with Crippen LogP contribution in [0.2, 0.25) is 0 Å². The Bertz CT molecular complexity index is 360. The molecule has 0 aliphatic rings. The zero-order chi connectivity index (χ0) is 12.8. The van der Waals surface area contributed by atoms with Crippen molar-refractivity contribution in [1.82, 2.24) is 4.90 Å². The van der Waals surface area contributed by atoms with Crippen molar-refractivity contribution in [2.45, 2.75) is 24.3 Å². The minimum atomic E-state index is 0.0735. The lowest BCUT2D eigenvalue weighted by Gasteiger charge is -2.10. The van der Waals surface area contributed by atoms with Gasteiger partial charge in [-0.2, -0.15) is 0 Å². The summed E-state index contributed by atoms with van der Waals surface area (Å²) < 4.78 is 0. The number of benzene rings is 1. The van der Waals surface area contributed by atoms with Crippen molar-refractivity contribution >= 4 is 17.7 Å². The second-order valence-electron chi connectivity index (χ2n) is 4.24. The predicted octanol–water partition coefficient (Wildman–Crippen LogP) is 2.28. The number of nitrogens with two attached hydrogens (primary N) is 1. The molecule has 1 unspecified atom stereocenters. The summed E-state index contributed by atoms with van der Waals surface area (Å²) in [6.07, 6.45) is 0.576. The summed E-state index contributed by atoms with van der Waals surface area (Å²) in [6, 6.07) is 8.28. The molecular weight excluding hydrogens is 232 g/mol. The summed E-state index contributed by atoms with van der Waals surface area (Å²) in [7, 11) is 3.56. The van der Waals surface area contributed by atoms with Gasteiger partial charge < -0.3 is 10.6 Å². The van der Waals surface area contributed by atoms with Crippen molar-refractivity contribution in [2.75, 3.05) is 19.8 Å². The number of carbonyl (C=O) groups excluding carboxylic acids is 1. The van der Waals surface area contributed by atoms with Crippen molar-refractivity contribution in [3.63, 3.8) is 0 Å². The van der Waals surface area contributed by atoms with Crippen molar-refractivity contribution < 1.29 is 4.79 Å². The van der Waals surface area contributed by atoms with Gasteiger partial charge >= 0.3 is 0 Å². The maximum atomic E-state index is 11.4. The largest absolute Gasteiger partial charge is 0.349 e. The Labute approximate surface area is 107 Å². The number of hydrogen-bond donors (Lipinski definition) is 1. The van der Waals surface area contributed by atoms with Crippen LogP contribution in [0.3, 0.4) is 0 Å². The maximum Gasteiger partial charge on any atom is 0.222 e.